The largest absolute Gasteiger partial charge is 0.485 e. The number of nitrogens with zero attached hydrogens (tertiary/aromatic N) is 2. The Morgan fingerprint density at radius 2 is 1.00 bits per heavy atom. The summed E-state index contributed by atoms with van der Waals surface area (Å²) in [5.74, 6) is -0.614. The van der Waals surface area contributed by atoms with E-state index in [9.17, 15) is 9.59 Å². The van der Waals surface area contributed by atoms with Crippen molar-refractivity contribution in [2.75, 3.05) is 39.3 Å². The van der Waals surface area contributed by atoms with E-state index in [4.69, 9.17) is 18.9 Å². The number of hydrogen-bond acceptors (Lipinski definition) is 8. The van der Waals surface area contributed by atoms with Gasteiger partial charge in [0.25, 0.3) is 0 Å². The molecule has 2 aromatic carbocycles. The lowest BCUT2D eigenvalue weighted by molar-refractivity contribution is -0.176. The fraction of sp³-hybridized carbons (Fsp3) is 0.462. The number of ether oxygens (including phenoxy) is 4. The highest BCUT2D eigenvalue weighted by Gasteiger charge is 2.41. The van der Waals surface area contributed by atoms with Crippen molar-refractivity contribution in [1.29, 1.82) is 0 Å². The zero-order valence-corrected chi connectivity index (χ0v) is 19.7. The van der Waals surface area contributed by atoms with E-state index in [2.05, 4.69) is 9.80 Å². The van der Waals surface area contributed by atoms with Gasteiger partial charge in [-0.05, 0) is 37.4 Å². The van der Waals surface area contributed by atoms with E-state index < -0.39 is 24.1 Å². The fourth-order valence-electron chi connectivity index (χ4n) is 4.33. The summed E-state index contributed by atoms with van der Waals surface area (Å²) >= 11 is 0. The molecule has 8 nitrogen and oxygen atoms in total. The molecule has 0 saturated carbocycles. The van der Waals surface area contributed by atoms with Crippen molar-refractivity contribution in [3.05, 3.63) is 60.7 Å². The minimum absolute atomic E-state index is 0.365. The molecule has 8 heteroatoms. The molecule has 2 fully saturated rings. The molecule has 2 aromatic rings. The summed E-state index contributed by atoms with van der Waals surface area (Å²) < 4.78 is 23.2. The van der Waals surface area contributed by atoms with Crippen LogP contribution in [0.25, 0.3) is 0 Å². The second-order valence-electron chi connectivity index (χ2n) is 8.53. The Balaban J connectivity index is 1.36. The van der Waals surface area contributed by atoms with Gasteiger partial charge in [0, 0.05) is 26.2 Å². The van der Waals surface area contributed by atoms with Gasteiger partial charge < -0.3 is 18.9 Å². The summed E-state index contributed by atoms with van der Waals surface area (Å²) in [7, 11) is 0. The highest BCUT2D eigenvalue weighted by molar-refractivity contribution is 6.29. The zero-order valence-electron chi connectivity index (χ0n) is 19.7. The van der Waals surface area contributed by atoms with E-state index in [-0.39, 0.29) is 12.2 Å². The molecule has 0 radical (unpaired) electrons. The first kappa shape index (κ1) is 24.0. The lowest BCUT2D eigenvalue weighted by Gasteiger charge is -2.22. The number of rotatable bonds is 8. The number of likely N-dealkylation sites (N-methyl/N-ethyl adjacent to an activating group) is 2. The van der Waals surface area contributed by atoms with Crippen LogP contribution in [-0.4, -0.2) is 85.4 Å². The van der Waals surface area contributed by atoms with E-state index >= 15 is 0 Å². The quantitative estimate of drug-likeness (QED) is 0.432. The maximum atomic E-state index is 12.7. The smallest absolute Gasteiger partial charge is 0.417 e. The zero-order chi connectivity index (χ0) is 23.9. The maximum Gasteiger partial charge on any atom is 0.417 e. The Hall–Kier alpha value is -3.10. The standard InChI is InChI=1S/C26H32N2O6/c1-3-27-15-21(31-19-11-7-5-8-12-19)23(17-27)33-25(29)26(30)34-24-18-28(4-2)16-22(24)32-20-13-9-6-10-14-20/h5-14,21-24H,3-4,15-18H2,1-2H3. The number of likely N-dealkylation sites (tertiary alicyclic amines) is 2. The van der Waals surface area contributed by atoms with E-state index in [1.54, 1.807) is 0 Å². The molecule has 0 aliphatic carbocycles. The summed E-state index contributed by atoms with van der Waals surface area (Å²) in [5, 5.41) is 0. The predicted molar refractivity (Wildman–Crippen MR) is 126 cm³/mol. The molecule has 0 spiro atoms. The van der Waals surface area contributed by atoms with Crippen molar-refractivity contribution < 1.29 is 28.5 Å². The van der Waals surface area contributed by atoms with Crippen LogP contribution >= 0.6 is 0 Å². The Labute approximate surface area is 200 Å². The summed E-state index contributed by atoms with van der Waals surface area (Å²) in [4.78, 5) is 29.6. The second-order valence-corrected chi connectivity index (χ2v) is 8.53. The average molecular weight is 469 g/mol. The van der Waals surface area contributed by atoms with Crippen LogP contribution in [0.3, 0.4) is 0 Å². The van der Waals surface area contributed by atoms with Crippen molar-refractivity contribution >= 4 is 11.9 Å². The Bertz CT molecular complexity index is 863. The summed E-state index contributed by atoms with van der Waals surface area (Å²) in [6.45, 7) is 7.87. The van der Waals surface area contributed by atoms with Gasteiger partial charge in [0.1, 0.15) is 23.7 Å². The van der Waals surface area contributed by atoms with Gasteiger partial charge in [-0.2, -0.15) is 0 Å². The van der Waals surface area contributed by atoms with Gasteiger partial charge >= 0.3 is 11.9 Å². The molecule has 0 amide bonds. The first-order chi connectivity index (χ1) is 16.6. The summed E-state index contributed by atoms with van der Waals surface area (Å²) in [5.41, 5.74) is 0. The molecule has 4 rings (SSSR count). The van der Waals surface area contributed by atoms with Crippen LogP contribution in [0.4, 0.5) is 0 Å². The topological polar surface area (TPSA) is 77.5 Å². The molecule has 2 saturated heterocycles. The molecule has 0 aromatic heterocycles. The molecule has 4 unspecified atom stereocenters. The van der Waals surface area contributed by atoms with Crippen molar-refractivity contribution in [2.45, 2.75) is 38.3 Å². The monoisotopic (exact) mass is 468 g/mol. The van der Waals surface area contributed by atoms with Gasteiger partial charge in [-0.1, -0.05) is 50.2 Å². The Morgan fingerprint density at radius 1 is 0.647 bits per heavy atom. The molecule has 34 heavy (non-hydrogen) atoms. The third-order valence-electron chi connectivity index (χ3n) is 6.22. The summed E-state index contributed by atoms with van der Waals surface area (Å²) in [6.07, 6.45) is -1.86. The molecule has 182 valence electrons. The molecule has 4 atom stereocenters. The van der Waals surface area contributed by atoms with E-state index in [0.29, 0.717) is 37.7 Å². The lowest BCUT2D eigenvalue weighted by atomic mass is 10.2. The van der Waals surface area contributed by atoms with Gasteiger partial charge in [-0.3, -0.25) is 9.80 Å². The minimum Gasteiger partial charge on any atom is -0.485 e. The number of hydrogen-bond donors (Lipinski definition) is 0. The average Bonchev–Trinajstić information content (AvgIpc) is 3.43. The van der Waals surface area contributed by atoms with Crippen LogP contribution in [0.1, 0.15) is 13.8 Å². The fourth-order valence-corrected chi connectivity index (χ4v) is 4.33. The third-order valence-corrected chi connectivity index (χ3v) is 6.22. The number of para-hydroxylation sites is 2. The van der Waals surface area contributed by atoms with E-state index in [1.807, 2.05) is 74.5 Å². The van der Waals surface area contributed by atoms with Gasteiger partial charge in [0.05, 0.1) is 0 Å². The van der Waals surface area contributed by atoms with Crippen LogP contribution in [0, 0.1) is 0 Å². The Kier molecular flexibility index (Phi) is 8.03. The number of carbonyl (C=O) groups excluding carboxylic acids is 2. The van der Waals surface area contributed by atoms with Crippen molar-refractivity contribution in [1.82, 2.24) is 9.80 Å². The van der Waals surface area contributed by atoms with Crippen molar-refractivity contribution in [2.24, 2.45) is 0 Å². The third kappa shape index (κ3) is 6.07. The SMILES string of the molecule is CCN1CC(OC(=O)C(=O)OC2CN(CC)CC2Oc2ccccc2)C(Oc2ccccc2)C1. The van der Waals surface area contributed by atoms with Crippen LogP contribution < -0.4 is 9.47 Å². The molecular formula is C26H32N2O6. The first-order valence-corrected chi connectivity index (χ1v) is 11.9. The van der Waals surface area contributed by atoms with Gasteiger partial charge in [-0.25, -0.2) is 9.59 Å². The molecule has 0 N–H and O–H groups in total. The van der Waals surface area contributed by atoms with Gasteiger partial charge in [0.2, 0.25) is 0 Å². The lowest BCUT2D eigenvalue weighted by Crippen LogP contribution is -2.40. The van der Waals surface area contributed by atoms with E-state index in [1.165, 1.54) is 0 Å². The molecule has 0 bridgehead atoms. The van der Waals surface area contributed by atoms with Gasteiger partial charge in [0.15, 0.2) is 12.2 Å². The normalized spacial score (nSPS) is 25.1. The van der Waals surface area contributed by atoms with Crippen LogP contribution in [0.2, 0.25) is 0 Å². The second kappa shape index (κ2) is 11.4. The maximum absolute atomic E-state index is 12.7. The number of benzene rings is 2. The highest BCUT2D eigenvalue weighted by atomic mass is 16.6. The molecule has 2 aliphatic heterocycles. The number of carbonyl (C=O) groups is 2. The molecule has 2 heterocycles. The van der Waals surface area contributed by atoms with Crippen LogP contribution in [0.15, 0.2) is 60.7 Å². The molecular weight excluding hydrogens is 436 g/mol. The predicted octanol–water partition coefficient (Wildman–Crippen LogP) is 2.38. The highest BCUT2D eigenvalue weighted by Crippen LogP contribution is 2.23. The number of esters is 2. The summed E-state index contributed by atoms with van der Waals surface area (Å²) in [6, 6.07) is 18.8. The Morgan fingerprint density at radius 3 is 1.35 bits per heavy atom. The van der Waals surface area contributed by atoms with E-state index in [0.717, 1.165) is 13.1 Å². The molecule has 2 aliphatic rings. The van der Waals surface area contributed by atoms with Crippen LogP contribution in [0.5, 0.6) is 11.5 Å². The van der Waals surface area contributed by atoms with Crippen LogP contribution in [-0.2, 0) is 19.1 Å². The van der Waals surface area contributed by atoms with Crippen molar-refractivity contribution in [3.8, 4) is 11.5 Å². The van der Waals surface area contributed by atoms with Crippen molar-refractivity contribution in [3.63, 3.8) is 0 Å². The van der Waals surface area contributed by atoms with Gasteiger partial charge in [-0.15, -0.1) is 0 Å². The first-order valence-electron chi connectivity index (χ1n) is 11.9. The minimum atomic E-state index is -1.00.